The van der Waals surface area contributed by atoms with Gasteiger partial charge in [0.1, 0.15) is 0 Å². The fraction of sp³-hybridized carbons (Fsp3) is 0.333. The highest BCUT2D eigenvalue weighted by atomic mass is 16.4. The van der Waals surface area contributed by atoms with E-state index in [4.69, 9.17) is 15.4 Å². The number of carboxylic acids is 1. The molecule has 0 heterocycles. The molecule has 0 radical (unpaired) electrons. The second-order valence-corrected chi connectivity index (χ2v) is 0.660. The van der Waals surface area contributed by atoms with E-state index in [0.717, 1.165) is 6.92 Å². The summed E-state index contributed by atoms with van der Waals surface area (Å²) in [5.74, 6) is -0.833. The third kappa shape index (κ3) is 29.8. The SMILES string of the molecule is C=[N+]=[N-].CC(=O)O. The van der Waals surface area contributed by atoms with Crippen LogP contribution >= 0.6 is 0 Å². The van der Waals surface area contributed by atoms with Gasteiger partial charge in [-0.2, -0.15) is 4.79 Å². The number of nitrogens with zero attached hydrogens (tertiary/aromatic N) is 2. The van der Waals surface area contributed by atoms with E-state index in [-0.39, 0.29) is 0 Å². The van der Waals surface area contributed by atoms with Gasteiger partial charge in [0.15, 0.2) is 0 Å². The van der Waals surface area contributed by atoms with Gasteiger partial charge in [-0.25, -0.2) is 0 Å². The Morgan fingerprint density at radius 3 is 2.00 bits per heavy atom. The lowest BCUT2D eigenvalue weighted by atomic mass is 10.9. The van der Waals surface area contributed by atoms with Crippen molar-refractivity contribution >= 4 is 12.7 Å². The van der Waals surface area contributed by atoms with Crippen LogP contribution in [-0.4, -0.2) is 22.6 Å². The van der Waals surface area contributed by atoms with Gasteiger partial charge in [-0.1, -0.05) is 0 Å². The average Bonchev–Trinajstić information content (AvgIpc) is 1.33. The zero-order valence-corrected chi connectivity index (χ0v) is 3.96. The van der Waals surface area contributed by atoms with E-state index in [1.54, 1.807) is 0 Å². The Hall–Kier alpha value is -1.15. The molecule has 0 rings (SSSR count). The molecule has 0 aromatic heterocycles. The van der Waals surface area contributed by atoms with Gasteiger partial charge >= 0.3 is 0 Å². The molecule has 0 unspecified atom stereocenters. The maximum absolute atomic E-state index is 9.00. The molecule has 0 bridgehead atoms. The van der Waals surface area contributed by atoms with Gasteiger partial charge in [-0.15, -0.1) is 0 Å². The quantitative estimate of drug-likeness (QED) is 0.266. The maximum atomic E-state index is 9.00. The monoisotopic (exact) mass is 102 g/mol. The molecule has 4 nitrogen and oxygen atoms in total. The summed E-state index contributed by atoms with van der Waals surface area (Å²) >= 11 is 0. The smallest absolute Gasteiger partial charge is 0.300 e. The molecule has 0 aromatic carbocycles. The third-order valence-electron chi connectivity index (χ3n) is 0. The highest BCUT2D eigenvalue weighted by molar-refractivity contribution is 5.62. The summed E-state index contributed by atoms with van der Waals surface area (Å²) in [6.07, 6.45) is 0. The summed E-state index contributed by atoms with van der Waals surface area (Å²) in [4.78, 5) is 11.2. The van der Waals surface area contributed by atoms with Crippen molar-refractivity contribution in [3.63, 3.8) is 0 Å². The van der Waals surface area contributed by atoms with E-state index < -0.39 is 5.97 Å². The van der Waals surface area contributed by atoms with Crippen LogP contribution in [0.15, 0.2) is 0 Å². The molecule has 7 heavy (non-hydrogen) atoms. The molecule has 4 heteroatoms. The van der Waals surface area contributed by atoms with Gasteiger partial charge in [-0.3, -0.25) is 4.79 Å². The van der Waals surface area contributed by atoms with E-state index >= 15 is 0 Å². The van der Waals surface area contributed by atoms with E-state index in [0.29, 0.717) is 0 Å². The second kappa shape index (κ2) is 8.85. The molecule has 40 valence electrons. The zero-order valence-electron chi connectivity index (χ0n) is 3.96. The number of carbonyl (C=O) groups is 1. The van der Waals surface area contributed by atoms with Crippen molar-refractivity contribution in [2.75, 3.05) is 0 Å². The first-order valence-electron chi connectivity index (χ1n) is 1.44. The average molecular weight is 102 g/mol. The first kappa shape index (κ1) is 9.28. The molecule has 0 aliphatic heterocycles. The summed E-state index contributed by atoms with van der Waals surface area (Å²) in [6, 6.07) is 0. The molecule has 1 N–H and O–H groups in total. The highest BCUT2D eigenvalue weighted by Crippen LogP contribution is 1.42. The van der Waals surface area contributed by atoms with Crippen molar-refractivity contribution in [3.05, 3.63) is 5.53 Å². The van der Waals surface area contributed by atoms with E-state index in [1.165, 1.54) is 0 Å². The largest absolute Gasteiger partial charge is 0.481 e. The Bertz CT molecular complexity index is 78.9. The van der Waals surface area contributed by atoms with Crippen molar-refractivity contribution in [3.8, 4) is 0 Å². The number of hydrogen-bond acceptors (Lipinski definition) is 1. The minimum atomic E-state index is -0.833. The van der Waals surface area contributed by atoms with Crippen LogP contribution in [0.5, 0.6) is 0 Å². The van der Waals surface area contributed by atoms with Gasteiger partial charge in [0, 0.05) is 6.92 Å². The molecule has 0 spiro atoms. The molecule has 0 saturated carbocycles. The van der Waals surface area contributed by atoms with Crippen LogP contribution in [0.4, 0.5) is 0 Å². The zero-order chi connectivity index (χ0) is 6.28. The van der Waals surface area contributed by atoms with Gasteiger partial charge in [0.25, 0.3) is 5.97 Å². The lowest BCUT2D eigenvalue weighted by molar-refractivity contribution is -0.134. The van der Waals surface area contributed by atoms with Gasteiger partial charge in [-0.05, 0) is 0 Å². The van der Waals surface area contributed by atoms with Gasteiger partial charge in [0.2, 0.25) is 6.72 Å². The van der Waals surface area contributed by atoms with Crippen molar-refractivity contribution in [1.29, 1.82) is 0 Å². The summed E-state index contributed by atoms with van der Waals surface area (Å²) in [5, 5.41) is 7.42. The fourth-order valence-electron chi connectivity index (χ4n) is 0. The van der Waals surface area contributed by atoms with Crippen LogP contribution < -0.4 is 0 Å². The van der Waals surface area contributed by atoms with Crippen molar-refractivity contribution in [1.82, 2.24) is 0 Å². The molecule has 0 fully saturated rings. The van der Waals surface area contributed by atoms with Crippen molar-refractivity contribution in [2.45, 2.75) is 6.92 Å². The maximum Gasteiger partial charge on any atom is 0.300 e. The lowest BCUT2D eigenvalue weighted by Gasteiger charge is -1.59. The molecule has 0 aliphatic rings. The Morgan fingerprint density at radius 1 is 2.00 bits per heavy atom. The highest BCUT2D eigenvalue weighted by Gasteiger charge is 1.65. The molecular weight excluding hydrogens is 96.0 g/mol. The Labute approximate surface area is 41.0 Å². The predicted molar refractivity (Wildman–Crippen MR) is 24.1 cm³/mol. The van der Waals surface area contributed by atoms with Crippen LogP contribution in [0.25, 0.3) is 5.53 Å². The molecular formula is C3H6N2O2. The number of carboxylic acid groups (broad SMARTS) is 1. The number of hydrogen-bond donors (Lipinski definition) is 1. The molecule has 0 amide bonds. The van der Waals surface area contributed by atoms with Gasteiger partial charge < -0.3 is 10.6 Å². The lowest BCUT2D eigenvalue weighted by Crippen LogP contribution is -1.78. The summed E-state index contributed by atoms with van der Waals surface area (Å²) in [7, 11) is 0. The topological polar surface area (TPSA) is 73.7 Å². The van der Waals surface area contributed by atoms with Crippen LogP contribution in [0, 0.1) is 0 Å². The van der Waals surface area contributed by atoms with Crippen LogP contribution in [0.2, 0.25) is 0 Å². The number of aliphatic carboxylic acids is 1. The molecule has 0 aliphatic carbocycles. The Balaban J connectivity index is 0. The van der Waals surface area contributed by atoms with Crippen LogP contribution in [0.3, 0.4) is 0 Å². The predicted octanol–water partition coefficient (Wildman–Crippen LogP) is 0.00770. The first-order chi connectivity index (χ1) is 3.15. The van der Waals surface area contributed by atoms with Crippen molar-refractivity contribution < 1.29 is 14.7 Å². The summed E-state index contributed by atoms with van der Waals surface area (Å²) in [5.41, 5.74) is 7.08. The van der Waals surface area contributed by atoms with E-state index in [9.17, 15) is 0 Å². The molecule has 0 atom stereocenters. The second-order valence-electron chi connectivity index (χ2n) is 0.660. The standard InChI is InChI=1S/C2H4O2.CH2N2/c1-2(3)4;1-3-2/h1H3,(H,3,4);1H2. The first-order valence-corrected chi connectivity index (χ1v) is 1.44. The van der Waals surface area contributed by atoms with E-state index in [1.807, 2.05) is 0 Å². The number of rotatable bonds is 0. The minimum absolute atomic E-state index is 0.833. The third-order valence-corrected chi connectivity index (χ3v) is 0. The Kier molecular flexibility index (Phi) is 11.7. The minimum Gasteiger partial charge on any atom is -0.481 e. The fourth-order valence-corrected chi connectivity index (χ4v) is 0. The molecule has 0 aromatic rings. The van der Waals surface area contributed by atoms with E-state index in [2.05, 4.69) is 11.5 Å². The van der Waals surface area contributed by atoms with Gasteiger partial charge in [0.05, 0.1) is 0 Å². The molecule has 0 saturated heterocycles. The van der Waals surface area contributed by atoms with Crippen molar-refractivity contribution in [2.24, 2.45) is 0 Å². The Morgan fingerprint density at radius 2 is 2.00 bits per heavy atom. The summed E-state index contributed by atoms with van der Waals surface area (Å²) in [6.45, 7) is 3.75. The normalized spacial score (nSPS) is 4.71. The summed E-state index contributed by atoms with van der Waals surface area (Å²) < 4.78 is 0. The van der Waals surface area contributed by atoms with Crippen LogP contribution in [-0.2, 0) is 4.79 Å². The van der Waals surface area contributed by atoms with Crippen LogP contribution in [0.1, 0.15) is 6.92 Å².